The maximum Gasteiger partial charge on any atom is 0.254 e. The fraction of sp³-hybridized carbons (Fsp3) is 0.300. The Morgan fingerprint density at radius 3 is 2.46 bits per heavy atom. The van der Waals surface area contributed by atoms with E-state index in [9.17, 15) is 10.1 Å². The summed E-state index contributed by atoms with van der Waals surface area (Å²) in [7, 11) is 3.34. The Labute approximate surface area is 142 Å². The number of amides is 1. The van der Waals surface area contributed by atoms with Crippen LogP contribution in [0, 0.1) is 11.3 Å². The van der Waals surface area contributed by atoms with Crippen molar-refractivity contribution in [3.05, 3.63) is 54.1 Å². The molecule has 4 nitrogen and oxygen atoms in total. The van der Waals surface area contributed by atoms with E-state index in [-0.39, 0.29) is 5.91 Å². The summed E-state index contributed by atoms with van der Waals surface area (Å²) in [5.41, 5.74) is 1.78. The van der Waals surface area contributed by atoms with Crippen molar-refractivity contribution in [3.8, 4) is 22.9 Å². The highest BCUT2D eigenvalue weighted by atomic mass is 16.5. The van der Waals surface area contributed by atoms with Crippen LogP contribution in [0.2, 0.25) is 0 Å². The van der Waals surface area contributed by atoms with E-state index in [1.807, 2.05) is 42.5 Å². The molecule has 2 aromatic rings. The molecule has 0 N–H and O–H groups in total. The number of rotatable bonds is 4. The van der Waals surface area contributed by atoms with Crippen molar-refractivity contribution < 1.29 is 9.53 Å². The van der Waals surface area contributed by atoms with E-state index in [2.05, 4.69) is 6.07 Å². The fourth-order valence-electron chi connectivity index (χ4n) is 3.11. The molecule has 0 bridgehead atoms. The number of hydrogen-bond acceptors (Lipinski definition) is 3. The predicted octanol–water partition coefficient (Wildman–Crippen LogP) is 3.88. The van der Waals surface area contributed by atoms with Crippen molar-refractivity contribution in [2.45, 2.75) is 24.8 Å². The summed E-state index contributed by atoms with van der Waals surface area (Å²) in [4.78, 5) is 14.5. The van der Waals surface area contributed by atoms with E-state index in [0.717, 1.165) is 36.1 Å². The quantitative estimate of drug-likeness (QED) is 0.859. The van der Waals surface area contributed by atoms with Crippen LogP contribution in [0.5, 0.6) is 5.75 Å². The van der Waals surface area contributed by atoms with E-state index in [1.165, 1.54) is 0 Å². The molecule has 0 spiro atoms. The normalized spacial score (nSPS) is 15.0. The summed E-state index contributed by atoms with van der Waals surface area (Å²) >= 11 is 0. The highest BCUT2D eigenvalue weighted by Crippen LogP contribution is 2.38. The average Bonchev–Trinajstić information content (AvgIpc) is 2.60. The Hall–Kier alpha value is -2.80. The molecule has 1 amide bonds. The highest BCUT2D eigenvalue weighted by Gasteiger charge is 2.43. The average molecular weight is 320 g/mol. The summed E-state index contributed by atoms with van der Waals surface area (Å²) in [5, 5.41) is 9.45. The van der Waals surface area contributed by atoms with Crippen LogP contribution in [0.25, 0.3) is 11.1 Å². The molecule has 2 aromatic carbocycles. The molecule has 0 heterocycles. The molecule has 0 unspecified atom stereocenters. The van der Waals surface area contributed by atoms with Crippen LogP contribution >= 0.6 is 0 Å². The fourth-order valence-corrected chi connectivity index (χ4v) is 3.11. The van der Waals surface area contributed by atoms with Gasteiger partial charge in [-0.2, -0.15) is 5.26 Å². The van der Waals surface area contributed by atoms with Gasteiger partial charge in [0.2, 0.25) is 0 Å². The summed E-state index contributed by atoms with van der Waals surface area (Å²) in [6.07, 6.45) is 2.48. The molecule has 1 saturated carbocycles. The van der Waals surface area contributed by atoms with Gasteiger partial charge in [0.1, 0.15) is 11.3 Å². The maximum absolute atomic E-state index is 12.9. The first-order chi connectivity index (χ1) is 11.6. The van der Waals surface area contributed by atoms with Crippen molar-refractivity contribution in [2.24, 2.45) is 0 Å². The third kappa shape index (κ3) is 2.63. The second-order valence-corrected chi connectivity index (χ2v) is 6.14. The number of nitriles is 1. The number of ether oxygens (including phenoxy) is 1. The van der Waals surface area contributed by atoms with Crippen molar-refractivity contribution in [1.82, 2.24) is 4.90 Å². The summed E-state index contributed by atoms with van der Waals surface area (Å²) in [5.74, 6) is 0.593. The van der Waals surface area contributed by atoms with Gasteiger partial charge in [0.25, 0.3) is 5.91 Å². The predicted molar refractivity (Wildman–Crippen MR) is 92.7 cm³/mol. The lowest BCUT2D eigenvalue weighted by atomic mass is 9.76. The van der Waals surface area contributed by atoms with Gasteiger partial charge in [-0.15, -0.1) is 0 Å². The van der Waals surface area contributed by atoms with Crippen molar-refractivity contribution in [3.63, 3.8) is 0 Å². The standard InChI is InChI=1S/C20H20N2O2/c1-22(20(14-21)11-6-12-20)19(23)16-9-10-18(24-2)17(13-16)15-7-4-3-5-8-15/h3-5,7-10,13H,6,11-12H2,1-2H3. The molecule has 0 aliphatic heterocycles. The lowest BCUT2D eigenvalue weighted by Crippen LogP contribution is -2.53. The molecule has 4 heteroatoms. The zero-order chi connectivity index (χ0) is 17.2. The van der Waals surface area contributed by atoms with Gasteiger partial charge in [-0.05, 0) is 43.0 Å². The molecule has 0 aromatic heterocycles. The summed E-state index contributed by atoms with van der Waals surface area (Å²) < 4.78 is 5.44. The maximum atomic E-state index is 12.9. The molecule has 0 radical (unpaired) electrons. The van der Waals surface area contributed by atoms with Gasteiger partial charge < -0.3 is 9.64 Å². The van der Waals surface area contributed by atoms with Crippen LogP contribution in [0.15, 0.2) is 48.5 Å². The number of carbonyl (C=O) groups excluding carboxylic acids is 1. The number of benzene rings is 2. The van der Waals surface area contributed by atoms with Crippen LogP contribution in [-0.2, 0) is 0 Å². The SMILES string of the molecule is COc1ccc(C(=O)N(C)C2(C#N)CCC2)cc1-c1ccccc1. The van der Waals surface area contributed by atoms with E-state index < -0.39 is 5.54 Å². The molecule has 122 valence electrons. The molecular formula is C20H20N2O2. The van der Waals surface area contributed by atoms with E-state index in [1.54, 1.807) is 25.1 Å². The van der Waals surface area contributed by atoms with Gasteiger partial charge in [-0.25, -0.2) is 0 Å². The van der Waals surface area contributed by atoms with Crippen LogP contribution in [0.4, 0.5) is 0 Å². The zero-order valence-electron chi connectivity index (χ0n) is 14.0. The minimum absolute atomic E-state index is 0.129. The van der Waals surface area contributed by atoms with Crippen molar-refractivity contribution >= 4 is 5.91 Å². The third-order valence-corrected chi connectivity index (χ3v) is 4.87. The number of methoxy groups -OCH3 is 1. The molecule has 1 fully saturated rings. The first kappa shape index (κ1) is 16.1. The smallest absolute Gasteiger partial charge is 0.254 e. The monoisotopic (exact) mass is 320 g/mol. The van der Waals surface area contributed by atoms with Gasteiger partial charge in [0.05, 0.1) is 13.2 Å². The minimum Gasteiger partial charge on any atom is -0.496 e. The minimum atomic E-state index is -0.649. The Bertz CT molecular complexity index is 789. The summed E-state index contributed by atoms with van der Waals surface area (Å²) in [6, 6.07) is 17.6. The largest absolute Gasteiger partial charge is 0.496 e. The number of hydrogen-bond donors (Lipinski definition) is 0. The zero-order valence-corrected chi connectivity index (χ0v) is 14.0. The van der Waals surface area contributed by atoms with Gasteiger partial charge >= 0.3 is 0 Å². The second kappa shape index (κ2) is 6.37. The first-order valence-electron chi connectivity index (χ1n) is 8.04. The third-order valence-electron chi connectivity index (χ3n) is 4.87. The Morgan fingerprint density at radius 2 is 1.92 bits per heavy atom. The van der Waals surface area contributed by atoms with Gasteiger partial charge in [0, 0.05) is 18.2 Å². The Balaban J connectivity index is 1.98. The van der Waals surface area contributed by atoms with Gasteiger partial charge in [-0.1, -0.05) is 30.3 Å². The summed E-state index contributed by atoms with van der Waals surface area (Å²) in [6.45, 7) is 0. The number of carbonyl (C=O) groups is 1. The topological polar surface area (TPSA) is 53.3 Å². The Morgan fingerprint density at radius 1 is 1.21 bits per heavy atom. The molecule has 0 saturated heterocycles. The van der Waals surface area contributed by atoms with E-state index >= 15 is 0 Å². The van der Waals surface area contributed by atoms with E-state index in [0.29, 0.717) is 5.56 Å². The van der Waals surface area contributed by atoms with Crippen LogP contribution < -0.4 is 4.74 Å². The molecule has 0 atom stereocenters. The lowest BCUT2D eigenvalue weighted by Gasteiger charge is -2.43. The molecule has 1 aliphatic rings. The van der Waals surface area contributed by atoms with Crippen LogP contribution in [0.3, 0.4) is 0 Å². The molecular weight excluding hydrogens is 300 g/mol. The second-order valence-electron chi connectivity index (χ2n) is 6.14. The van der Waals surface area contributed by atoms with Crippen molar-refractivity contribution in [2.75, 3.05) is 14.2 Å². The first-order valence-corrected chi connectivity index (χ1v) is 8.04. The number of nitrogens with zero attached hydrogens (tertiary/aromatic N) is 2. The van der Waals surface area contributed by atoms with Crippen molar-refractivity contribution in [1.29, 1.82) is 5.26 Å². The molecule has 1 aliphatic carbocycles. The highest BCUT2D eigenvalue weighted by molar-refractivity contribution is 5.96. The van der Waals surface area contributed by atoms with Gasteiger partial charge in [-0.3, -0.25) is 4.79 Å². The molecule has 24 heavy (non-hydrogen) atoms. The van der Waals surface area contributed by atoms with E-state index in [4.69, 9.17) is 4.74 Å². The lowest BCUT2D eigenvalue weighted by molar-refractivity contribution is 0.0497. The Kier molecular flexibility index (Phi) is 4.26. The van der Waals surface area contributed by atoms with Gasteiger partial charge in [0.15, 0.2) is 0 Å². The van der Waals surface area contributed by atoms with Crippen LogP contribution in [-0.4, -0.2) is 30.5 Å². The van der Waals surface area contributed by atoms with Crippen LogP contribution in [0.1, 0.15) is 29.6 Å². The molecule has 3 rings (SSSR count).